The summed E-state index contributed by atoms with van der Waals surface area (Å²) in [6.07, 6.45) is 3.56. The normalized spacial score (nSPS) is 23.0. The lowest BCUT2D eigenvalue weighted by molar-refractivity contribution is 0.244. The summed E-state index contributed by atoms with van der Waals surface area (Å²) in [6, 6.07) is 8.30. The number of thiophene rings is 1. The highest BCUT2D eigenvalue weighted by molar-refractivity contribution is 7.23. The van der Waals surface area contributed by atoms with Crippen molar-refractivity contribution in [2.75, 3.05) is 23.8 Å². The van der Waals surface area contributed by atoms with Crippen LogP contribution in [0.15, 0.2) is 24.5 Å². The second kappa shape index (κ2) is 7.15. The second-order valence-corrected chi connectivity index (χ2v) is 10.4. The van der Waals surface area contributed by atoms with Crippen molar-refractivity contribution >= 4 is 54.7 Å². The van der Waals surface area contributed by atoms with E-state index in [1.807, 2.05) is 6.07 Å². The summed E-state index contributed by atoms with van der Waals surface area (Å²) in [4.78, 5) is 11.1. The predicted octanol–water partition coefficient (Wildman–Crippen LogP) is 4.46. The molecule has 0 unspecified atom stereocenters. The quantitative estimate of drug-likeness (QED) is 0.404. The zero-order valence-electron chi connectivity index (χ0n) is 17.8. The molecule has 34 heavy (non-hydrogen) atoms. The maximum Gasteiger partial charge on any atom is 0.159 e. The Bertz CT molecular complexity index is 1570. The number of fused-ring (bicyclic) bond motifs is 6. The average Bonchev–Trinajstić information content (AvgIpc) is 3.33. The van der Waals surface area contributed by atoms with Gasteiger partial charge in [0.25, 0.3) is 0 Å². The Hall–Kier alpha value is -3.19. The fourth-order valence-corrected chi connectivity index (χ4v) is 7.05. The van der Waals surface area contributed by atoms with Gasteiger partial charge in [-0.2, -0.15) is 5.26 Å². The van der Waals surface area contributed by atoms with E-state index < -0.39 is 5.82 Å². The number of nitrogens with two attached hydrogens (primary N) is 1. The number of halogens is 2. The van der Waals surface area contributed by atoms with E-state index in [1.54, 1.807) is 12.1 Å². The van der Waals surface area contributed by atoms with E-state index >= 15 is 4.39 Å². The molecular weight excluding hydrogens is 475 g/mol. The molecule has 5 heterocycles. The first-order chi connectivity index (χ1) is 16.6. The Morgan fingerprint density at radius 2 is 2.18 bits per heavy atom. The first-order valence-corrected chi connectivity index (χ1v) is 12.3. The first kappa shape index (κ1) is 20.2. The van der Waals surface area contributed by atoms with Gasteiger partial charge in [0.05, 0.1) is 22.0 Å². The van der Waals surface area contributed by atoms with Crippen LogP contribution in [0.4, 0.5) is 15.2 Å². The number of rotatable bonds is 1. The molecule has 2 aromatic heterocycles. The van der Waals surface area contributed by atoms with Crippen molar-refractivity contribution in [3.8, 4) is 22.9 Å². The summed E-state index contributed by atoms with van der Waals surface area (Å²) in [6.45, 7) is 1.18. The van der Waals surface area contributed by atoms with Gasteiger partial charge in [0.1, 0.15) is 35.3 Å². The summed E-state index contributed by atoms with van der Waals surface area (Å²) in [5.74, 6) is 0.477. The lowest BCUT2D eigenvalue weighted by Gasteiger charge is -2.40. The maximum absolute atomic E-state index is 16.3. The van der Waals surface area contributed by atoms with Gasteiger partial charge in [-0.1, -0.05) is 23.7 Å². The van der Waals surface area contributed by atoms with Crippen LogP contribution in [0.5, 0.6) is 5.75 Å². The van der Waals surface area contributed by atoms with Crippen LogP contribution in [0.25, 0.3) is 32.1 Å². The number of aromatic nitrogens is 2. The molecule has 3 N–H and O–H groups in total. The highest BCUT2D eigenvalue weighted by Gasteiger charge is 2.44. The molecule has 0 amide bonds. The summed E-state index contributed by atoms with van der Waals surface area (Å²) >= 11 is 8.21. The third kappa shape index (κ3) is 2.59. The standard InChI is InChI=1S/C24H18ClFN6OS/c25-19-17(11-2-1-3-15-16(11)12(6-27)23(28)34-15)20(26)21-18-22(19)33-8-14-13-5-4-10(31-13)7-32(14)24(18)30-9-29-21/h1-3,9-10,13-14,31H,4-5,7-8,28H2/t10-,13+,14+/m1/s1. The Labute approximate surface area is 202 Å². The Balaban J connectivity index is 1.53. The molecule has 170 valence electrons. The van der Waals surface area contributed by atoms with Crippen molar-refractivity contribution in [2.24, 2.45) is 0 Å². The number of anilines is 2. The van der Waals surface area contributed by atoms with Gasteiger partial charge in [-0.15, -0.1) is 11.3 Å². The molecule has 0 aliphatic carbocycles. The topological polar surface area (TPSA) is 100 Å². The van der Waals surface area contributed by atoms with Gasteiger partial charge >= 0.3 is 0 Å². The van der Waals surface area contributed by atoms with Gasteiger partial charge in [0, 0.05) is 34.3 Å². The number of piperazine rings is 1. The van der Waals surface area contributed by atoms with Crippen molar-refractivity contribution in [3.05, 3.63) is 40.9 Å². The maximum atomic E-state index is 16.3. The summed E-state index contributed by atoms with van der Waals surface area (Å²) in [5.41, 5.74) is 7.22. The number of nitrogens with one attached hydrogen (secondary N) is 1. The summed E-state index contributed by atoms with van der Waals surface area (Å²) in [7, 11) is 0. The molecule has 7 rings (SSSR count). The molecule has 2 fully saturated rings. The average molecular weight is 493 g/mol. The van der Waals surface area contributed by atoms with E-state index in [9.17, 15) is 5.26 Å². The van der Waals surface area contributed by atoms with E-state index in [-0.39, 0.29) is 28.2 Å². The molecular formula is C24H18ClFN6OS. The molecule has 3 aliphatic rings. The number of ether oxygens (including phenoxy) is 1. The minimum Gasteiger partial charge on any atom is -0.489 e. The van der Waals surface area contributed by atoms with Gasteiger partial charge in [-0.05, 0) is 24.5 Å². The van der Waals surface area contributed by atoms with Gasteiger partial charge < -0.3 is 20.7 Å². The number of nitrogen functional groups attached to an aromatic ring is 1. The van der Waals surface area contributed by atoms with Gasteiger partial charge in [0.2, 0.25) is 0 Å². The molecule has 10 heteroatoms. The zero-order valence-corrected chi connectivity index (χ0v) is 19.4. The van der Waals surface area contributed by atoms with E-state index in [4.69, 9.17) is 22.1 Å². The van der Waals surface area contributed by atoms with Crippen LogP contribution in [-0.2, 0) is 0 Å². The highest BCUT2D eigenvalue weighted by atomic mass is 35.5. The minimum atomic E-state index is -0.561. The lowest BCUT2D eigenvalue weighted by atomic mass is 9.96. The van der Waals surface area contributed by atoms with Crippen LogP contribution in [0.1, 0.15) is 18.4 Å². The molecule has 0 saturated carbocycles. The first-order valence-electron chi connectivity index (χ1n) is 11.1. The lowest BCUT2D eigenvalue weighted by Crippen LogP contribution is -2.60. The van der Waals surface area contributed by atoms with Crippen LogP contribution in [-0.4, -0.2) is 41.2 Å². The van der Waals surface area contributed by atoms with E-state index in [2.05, 4.69) is 26.3 Å². The molecule has 2 aromatic carbocycles. The van der Waals surface area contributed by atoms with Crippen molar-refractivity contribution in [3.63, 3.8) is 0 Å². The smallest absolute Gasteiger partial charge is 0.159 e. The van der Waals surface area contributed by atoms with Crippen LogP contribution in [0.3, 0.4) is 0 Å². The fraction of sp³-hybridized carbons (Fsp3) is 0.292. The van der Waals surface area contributed by atoms with Crippen LogP contribution >= 0.6 is 22.9 Å². The van der Waals surface area contributed by atoms with Gasteiger partial charge in [-0.3, -0.25) is 0 Å². The predicted molar refractivity (Wildman–Crippen MR) is 131 cm³/mol. The van der Waals surface area contributed by atoms with E-state index in [1.165, 1.54) is 17.7 Å². The largest absolute Gasteiger partial charge is 0.489 e. The fourth-order valence-electron chi connectivity index (χ4n) is 5.77. The van der Waals surface area contributed by atoms with Crippen molar-refractivity contribution in [1.29, 1.82) is 5.26 Å². The molecule has 7 nitrogen and oxygen atoms in total. The second-order valence-electron chi connectivity index (χ2n) is 8.96. The van der Waals surface area contributed by atoms with Gasteiger partial charge in [-0.25, -0.2) is 14.4 Å². The third-order valence-electron chi connectivity index (χ3n) is 7.25. The molecule has 2 bridgehead atoms. The van der Waals surface area contributed by atoms with Crippen LogP contribution in [0, 0.1) is 17.1 Å². The molecule has 2 saturated heterocycles. The Morgan fingerprint density at radius 1 is 1.29 bits per heavy atom. The minimum absolute atomic E-state index is 0.0668. The summed E-state index contributed by atoms with van der Waals surface area (Å²) in [5, 5.41) is 15.0. The molecule has 3 atom stereocenters. The SMILES string of the molecule is N#Cc1c(N)sc2cccc(-c3c(Cl)c4c5c(ncnc5c3F)N3C[C@H]5CC[C@H](N5)[C@@H]3CO4)c12. The number of benzene rings is 2. The number of nitriles is 1. The third-order valence-corrected chi connectivity index (χ3v) is 8.60. The molecule has 0 radical (unpaired) electrons. The van der Waals surface area contributed by atoms with Crippen molar-refractivity contribution < 1.29 is 9.13 Å². The summed E-state index contributed by atoms with van der Waals surface area (Å²) < 4.78 is 23.4. The monoisotopic (exact) mass is 492 g/mol. The molecule has 3 aliphatic heterocycles. The van der Waals surface area contributed by atoms with E-state index in [0.29, 0.717) is 51.1 Å². The van der Waals surface area contributed by atoms with E-state index in [0.717, 1.165) is 24.1 Å². The Kier molecular flexibility index (Phi) is 4.25. The Morgan fingerprint density at radius 3 is 3.03 bits per heavy atom. The zero-order chi connectivity index (χ0) is 23.1. The van der Waals surface area contributed by atoms with Crippen LogP contribution in [0.2, 0.25) is 5.02 Å². The number of hydrogen-bond acceptors (Lipinski definition) is 8. The number of hydrogen-bond donors (Lipinski definition) is 2. The van der Waals surface area contributed by atoms with Crippen molar-refractivity contribution in [2.45, 2.75) is 31.0 Å². The van der Waals surface area contributed by atoms with Gasteiger partial charge in [0.15, 0.2) is 11.6 Å². The van der Waals surface area contributed by atoms with Crippen molar-refractivity contribution in [1.82, 2.24) is 15.3 Å². The molecule has 4 aromatic rings. The number of nitrogens with zero attached hydrogens (tertiary/aromatic N) is 4. The van der Waals surface area contributed by atoms with Crippen LogP contribution < -0.4 is 20.7 Å². The molecule has 0 spiro atoms. The highest BCUT2D eigenvalue weighted by Crippen LogP contribution is 2.50.